The molecule has 3 N–H and O–H groups in total. The van der Waals surface area contributed by atoms with Crippen molar-refractivity contribution in [2.45, 2.75) is 37.6 Å². The van der Waals surface area contributed by atoms with Crippen LogP contribution in [-0.2, 0) is 34.4 Å². The van der Waals surface area contributed by atoms with E-state index >= 15 is 4.39 Å². The first kappa shape index (κ1) is 29.3. The number of amides is 2. The van der Waals surface area contributed by atoms with Gasteiger partial charge in [0.2, 0.25) is 5.91 Å². The van der Waals surface area contributed by atoms with Crippen molar-refractivity contribution in [1.29, 1.82) is 0 Å². The lowest BCUT2D eigenvalue weighted by molar-refractivity contribution is -0.142. The van der Waals surface area contributed by atoms with Crippen LogP contribution >= 0.6 is 23.2 Å². The quantitative estimate of drug-likeness (QED) is 0.280. The Balaban J connectivity index is 1.57. The summed E-state index contributed by atoms with van der Waals surface area (Å²) in [4.78, 5) is 32.5. The van der Waals surface area contributed by atoms with E-state index in [0.29, 0.717) is 39.7 Å². The van der Waals surface area contributed by atoms with Crippen LogP contribution in [0.15, 0.2) is 67.1 Å². The Morgan fingerprint density at radius 3 is 2.40 bits per heavy atom. The number of aryl methyl sites for hydroxylation is 1. The van der Waals surface area contributed by atoms with E-state index in [9.17, 15) is 14.7 Å². The number of pyridine rings is 1. The monoisotopic (exact) mass is 623 g/mol. The number of hydrogen-bond acceptors (Lipinski definition) is 6. The SMILES string of the molecule is Cn1cc(C(C)(O)c2cc(F)c3c(c2)C(=O)N(Cc2ccc(Cl)cn2)[C@@]3(OCC2(C(N)=O)CC2)c2ccc(Cl)cc2)cn1. The summed E-state index contributed by atoms with van der Waals surface area (Å²) in [5.41, 5.74) is 2.65. The van der Waals surface area contributed by atoms with Gasteiger partial charge in [-0.1, -0.05) is 35.3 Å². The van der Waals surface area contributed by atoms with Gasteiger partial charge >= 0.3 is 0 Å². The number of nitrogens with two attached hydrogens (primary N) is 1. The minimum atomic E-state index is -1.83. The molecule has 222 valence electrons. The summed E-state index contributed by atoms with van der Waals surface area (Å²) in [6.45, 7) is 1.26. The number of ether oxygens (including phenoxy) is 1. The molecule has 0 radical (unpaired) electrons. The van der Waals surface area contributed by atoms with E-state index in [-0.39, 0.29) is 29.8 Å². The third-order valence-corrected chi connectivity index (χ3v) is 8.87. The highest BCUT2D eigenvalue weighted by atomic mass is 35.5. The van der Waals surface area contributed by atoms with Crippen LogP contribution in [0.3, 0.4) is 0 Å². The van der Waals surface area contributed by atoms with Gasteiger partial charge in [-0.3, -0.25) is 24.2 Å². The Labute approximate surface area is 257 Å². The van der Waals surface area contributed by atoms with Gasteiger partial charge in [0.25, 0.3) is 5.91 Å². The molecule has 1 aliphatic carbocycles. The van der Waals surface area contributed by atoms with E-state index in [4.69, 9.17) is 33.7 Å². The number of primary amides is 1. The van der Waals surface area contributed by atoms with Gasteiger partial charge in [-0.15, -0.1) is 0 Å². The van der Waals surface area contributed by atoms with E-state index in [1.165, 1.54) is 41.0 Å². The normalized spacial score (nSPS) is 20.1. The molecule has 1 fully saturated rings. The van der Waals surface area contributed by atoms with Crippen LogP contribution in [0.25, 0.3) is 0 Å². The van der Waals surface area contributed by atoms with Crippen molar-refractivity contribution in [2.24, 2.45) is 18.2 Å². The maximum atomic E-state index is 16.7. The average Bonchev–Trinajstić information content (AvgIpc) is 3.58. The van der Waals surface area contributed by atoms with Gasteiger partial charge in [-0.25, -0.2) is 4.39 Å². The number of carbonyl (C=O) groups excluding carboxylic acids is 2. The number of rotatable bonds is 9. The summed E-state index contributed by atoms with van der Waals surface area (Å²) in [6, 6.07) is 12.5. The second-order valence-corrected chi connectivity index (χ2v) is 12.2. The molecule has 12 heteroatoms. The molecule has 3 heterocycles. The number of halogens is 3. The fourth-order valence-corrected chi connectivity index (χ4v) is 5.81. The summed E-state index contributed by atoms with van der Waals surface area (Å²) in [7, 11) is 1.70. The lowest BCUT2D eigenvalue weighted by Crippen LogP contribution is -2.48. The number of nitrogens with zero attached hydrogens (tertiary/aromatic N) is 4. The van der Waals surface area contributed by atoms with Crippen molar-refractivity contribution in [1.82, 2.24) is 19.7 Å². The van der Waals surface area contributed by atoms with Crippen LogP contribution in [0.2, 0.25) is 10.0 Å². The molecule has 43 heavy (non-hydrogen) atoms. The molecule has 2 amide bonds. The summed E-state index contributed by atoms with van der Waals surface area (Å²) in [5, 5.41) is 16.5. The molecule has 2 atom stereocenters. The van der Waals surface area contributed by atoms with Gasteiger partial charge in [0, 0.05) is 35.6 Å². The Bertz CT molecular complexity index is 1740. The first-order valence-corrected chi connectivity index (χ1v) is 14.3. The molecule has 0 spiro atoms. The smallest absolute Gasteiger partial charge is 0.257 e. The molecule has 1 saturated carbocycles. The fraction of sp³-hybridized carbons (Fsp3) is 0.290. The Hall–Kier alpha value is -3.83. The van der Waals surface area contributed by atoms with Crippen molar-refractivity contribution < 1.29 is 23.8 Å². The van der Waals surface area contributed by atoms with Crippen LogP contribution < -0.4 is 5.73 Å². The van der Waals surface area contributed by atoms with Crippen LogP contribution in [0.1, 0.15) is 58.1 Å². The first-order chi connectivity index (χ1) is 20.4. The highest BCUT2D eigenvalue weighted by Crippen LogP contribution is 2.52. The van der Waals surface area contributed by atoms with Crippen molar-refractivity contribution in [3.63, 3.8) is 0 Å². The van der Waals surface area contributed by atoms with Gasteiger partial charge in [-0.05, 0) is 61.7 Å². The minimum Gasteiger partial charge on any atom is -0.381 e. The van der Waals surface area contributed by atoms with Crippen molar-refractivity contribution in [3.05, 3.63) is 116 Å². The van der Waals surface area contributed by atoms with Crippen molar-refractivity contribution >= 4 is 35.0 Å². The summed E-state index contributed by atoms with van der Waals surface area (Å²) >= 11 is 12.3. The number of fused-ring (bicyclic) bond motifs is 1. The zero-order chi connectivity index (χ0) is 30.7. The zero-order valence-electron chi connectivity index (χ0n) is 23.4. The Morgan fingerprint density at radius 2 is 1.81 bits per heavy atom. The van der Waals surface area contributed by atoms with Crippen LogP contribution in [0.4, 0.5) is 4.39 Å². The highest BCUT2D eigenvalue weighted by molar-refractivity contribution is 6.30. The van der Waals surface area contributed by atoms with Gasteiger partial charge in [0.05, 0.1) is 46.6 Å². The molecule has 2 aliphatic rings. The first-order valence-electron chi connectivity index (χ1n) is 13.6. The maximum Gasteiger partial charge on any atom is 0.257 e. The summed E-state index contributed by atoms with van der Waals surface area (Å²) in [5.74, 6) is -1.87. The van der Waals surface area contributed by atoms with Gasteiger partial charge in [0.1, 0.15) is 11.4 Å². The highest BCUT2D eigenvalue weighted by Gasteiger charge is 2.58. The molecule has 6 rings (SSSR count). The molecule has 2 aromatic carbocycles. The van der Waals surface area contributed by atoms with Crippen molar-refractivity contribution in [3.8, 4) is 0 Å². The number of aliphatic hydroxyl groups is 1. The topological polar surface area (TPSA) is 124 Å². The van der Waals surface area contributed by atoms with Crippen LogP contribution in [0.5, 0.6) is 0 Å². The van der Waals surface area contributed by atoms with E-state index in [1.54, 1.807) is 49.6 Å². The second-order valence-electron chi connectivity index (χ2n) is 11.3. The number of carbonyl (C=O) groups is 2. The largest absolute Gasteiger partial charge is 0.381 e. The molecule has 1 unspecified atom stereocenters. The predicted octanol–water partition coefficient (Wildman–Crippen LogP) is 4.66. The predicted molar refractivity (Wildman–Crippen MR) is 156 cm³/mol. The van der Waals surface area contributed by atoms with Gasteiger partial charge < -0.3 is 15.6 Å². The molecule has 1 aliphatic heterocycles. The molecule has 0 saturated heterocycles. The standard InChI is InChI=1S/C31H28Cl2FN5O4/c1-29(42,20-13-37-38(2)15-20)19-11-24-26(25(34)12-19)31(18-3-5-21(32)6-4-18,43-17-30(9-10-30)28(35)41)39(27(24)40)16-23-8-7-22(33)14-36-23/h3-8,11-15,42H,9-10,16-17H2,1-2H3,(H2,35,41)/t29?,31-/m1/s1. The Kier molecular flexibility index (Phi) is 7.08. The van der Waals surface area contributed by atoms with Crippen LogP contribution in [-0.4, -0.2) is 43.2 Å². The minimum absolute atomic E-state index is 0.00741. The summed E-state index contributed by atoms with van der Waals surface area (Å²) in [6.07, 6.45) is 5.56. The molecular weight excluding hydrogens is 596 g/mol. The van der Waals surface area contributed by atoms with E-state index in [2.05, 4.69) is 10.1 Å². The number of hydrogen-bond donors (Lipinski definition) is 2. The van der Waals surface area contributed by atoms with E-state index in [0.717, 1.165) is 0 Å². The van der Waals surface area contributed by atoms with Crippen molar-refractivity contribution in [2.75, 3.05) is 6.61 Å². The molecule has 2 aromatic heterocycles. The summed E-state index contributed by atoms with van der Waals surface area (Å²) < 4.78 is 24.8. The van der Waals surface area contributed by atoms with E-state index < -0.39 is 34.4 Å². The third-order valence-electron chi connectivity index (χ3n) is 8.39. The number of benzene rings is 2. The molecule has 4 aromatic rings. The van der Waals surface area contributed by atoms with Gasteiger partial charge in [-0.2, -0.15) is 5.10 Å². The van der Waals surface area contributed by atoms with Crippen LogP contribution in [0, 0.1) is 11.2 Å². The molecule has 0 bridgehead atoms. The molecule has 9 nitrogen and oxygen atoms in total. The van der Waals surface area contributed by atoms with Gasteiger partial charge in [0.15, 0.2) is 5.72 Å². The van der Waals surface area contributed by atoms with E-state index in [1.807, 2.05) is 0 Å². The third kappa shape index (κ3) is 4.88. The average molecular weight is 625 g/mol. The number of aromatic nitrogens is 3. The molecular formula is C31H28Cl2FN5O4. The lowest BCUT2D eigenvalue weighted by atomic mass is 9.85. The lowest BCUT2D eigenvalue weighted by Gasteiger charge is -2.40. The Morgan fingerprint density at radius 1 is 1.12 bits per heavy atom. The second kappa shape index (κ2) is 10.4. The maximum absolute atomic E-state index is 16.7. The zero-order valence-corrected chi connectivity index (χ0v) is 24.9. The fourth-order valence-electron chi connectivity index (χ4n) is 5.57.